The van der Waals surface area contributed by atoms with Crippen LogP contribution in [0.3, 0.4) is 0 Å². The Morgan fingerprint density at radius 1 is 0.931 bits per heavy atom. The lowest BCUT2D eigenvalue weighted by Gasteiger charge is -2.36. The summed E-state index contributed by atoms with van der Waals surface area (Å²) in [6.07, 6.45) is 4.97. The van der Waals surface area contributed by atoms with Crippen LogP contribution >= 0.6 is 11.3 Å². The molecule has 2 rings (SSSR count). The number of amides is 4. The van der Waals surface area contributed by atoms with Crippen molar-refractivity contribution >= 4 is 41.1 Å². The second kappa shape index (κ2) is 27.5. The number of likely N-dealkylation sites (N-methyl/N-ethyl adjacent to an activating group) is 1. The third-order valence-corrected chi connectivity index (χ3v) is 10.6. The number of rotatable bonds is 29. The fourth-order valence-corrected chi connectivity index (χ4v) is 7.24. The molecular formula is C42H69N7O8S. The number of nitrogens with zero attached hydrogens (tertiary/aromatic N) is 3. The molecule has 0 aliphatic rings. The molecule has 0 unspecified atom stereocenters. The van der Waals surface area contributed by atoms with Gasteiger partial charge in [-0.3, -0.25) is 24.1 Å². The number of hydrogen-bond acceptors (Lipinski definition) is 11. The van der Waals surface area contributed by atoms with Crippen LogP contribution in [0.1, 0.15) is 120 Å². The Kier molecular flexibility index (Phi) is 23.8. The highest BCUT2D eigenvalue weighted by Crippen LogP contribution is 2.31. The minimum absolute atomic E-state index is 0.0584. The molecule has 0 aliphatic heterocycles. The van der Waals surface area contributed by atoms with Gasteiger partial charge in [-0.15, -0.1) is 11.3 Å². The number of carboxylic acids is 1. The van der Waals surface area contributed by atoms with Crippen LogP contribution in [0.2, 0.25) is 0 Å². The molecule has 1 heterocycles. The smallest absolute Gasteiger partial charge is 0.412 e. The van der Waals surface area contributed by atoms with E-state index in [1.807, 2.05) is 30.7 Å². The number of aliphatic carboxylic acids is 1. The van der Waals surface area contributed by atoms with Crippen molar-refractivity contribution in [2.45, 2.75) is 118 Å². The first-order valence-corrected chi connectivity index (χ1v) is 21.7. The van der Waals surface area contributed by atoms with Gasteiger partial charge in [-0.1, -0.05) is 60.1 Å². The molecule has 4 atom stereocenters. The molecule has 0 bridgehead atoms. The van der Waals surface area contributed by atoms with Crippen LogP contribution in [-0.2, 0) is 25.5 Å². The summed E-state index contributed by atoms with van der Waals surface area (Å²) in [7, 11) is 1.90. The van der Waals surface area contributed by atoms with E-state index in [2.05, 4.69) is 36.7 Å². The van der Waals surface area contributed by atoms with E-state index in [9.17, 15) is 29.1 Å². The van der Waals surface area contributed by atoms with Crippen molar-refractivity contribution in [1.82, 2.24) is 30.7 Å². The van der Waals surface area contributed by atoms with Crippen LogP contribution in [0.5, 0.6) is 5.75 Å². The van der Waals surface area contributed by atoms with Crippen molar-refractivity contribution in [2.24, 2.45) is 17.6 Å². The fraction of sp³-hybridized carbons (Fsp3) is 0.667. The van der Waals surface area contributed by atoms with Gasteiger partial charge in [0.2, 0.25) is 11.8 Å². The largest absolute Gasteiger partial charge is 0.481 e. The molecule has 0 fully saturated rings. The Balaban J connectivity index is 2.21. The van der Waals surface area contributed by atoms with E-state index in [0.717, 1.165) is 50.6 Å². The number of carbonyl (C=O) groups is 5. The van der Waals surface area contributed by atoms with Gasteiger partial charge >= 0.3 is 12.1 Å². The summed E-state index contributed by atoms with van der Waals surface area (Å²) < 4.78 is 11.7. The Bertz CT molecular complexity index is 1540. The van der Waals surface area contributed by atoms with E-state index < -0.39 is 36.0 Å². The molecule has 1 aromatic carbocycles. The standard InChI is InChI=1S/C42H69N7O8S/c1-8-11-21-48(7)27-37(50)45-26-38(51)49(20-9-2)35(29(4)5)25-36(56-22-10-3)40-47-34(28-58-40)39(52)46-32(23-30(6)41(53)54)24-31-14-16-33(17-15-31)57-42(55)44-19-13-12-18-43/h14-17,28-30,32,35-36H,8-13,18-27,43H2,1-7H3,(H,44,55)(H,45,50)(H,46,52)(H,53,54)/t30-,32+,35+,36+/m0/s1. The van der Waals surface area contributed by atoms with Gasteiger partial charge in [0.25, 0.3) is 5.91 Å². The highest BCUT2D eigenvalue weighted by Gasteiger charge is 2.32. The molecule has 4 amide bonds. The molecule has 16 heteroatoms. The molecule has 6 N–H and O–H groups in total. The summed E-state index contributed by atoms with van der Waals surface area (Å²) in [4.78, 5) is 72.4. The Morgan fingerprint density at radius 2 is 1.66 bits per heavy atom. The number of thiazole rings is 1. The van der Waals surface area contributed by atoms with Gasteiger partial charge in [0, 0.05) is 43.6 Å². The van der Waals surface area contributed by atoms with Gasteiger partial charge < -0.3 is 41.2 Å². The van der Waals surface area contributed by atoms with Crippen LogP contribution in [-0.4, -0.2) is 115 Å². The second-order valence-corrected chi connectivity index (χ2v) is 16.1. The maximum atomic E-state index is 13.7. The lowest BCUT2D eigenvalue weighted by molar-refractivity contribution is -0.141. The first-order chi connectivity index (χ1) is 27.7. The zero-order valence-corrected chi connectivity index (χ0v) is 36.5. The van der Waals surface area contributed by atoms with Gasteiger partial charge in [0.1, 0.15) is 22.6 Å². The van der Waals surface area contributed by atoms with Crippen molar-refractivity contribution in [2.75, 3.05) is 52.9 Å². The van der Waals surface area contributed by atoms with E-state index in [-0.39, 0.29) is 49.0 Å². The summed E-state index contributed by atoms with van der Waals surface area (Å²) >= 11 is 1.30. The lowest BCUT2D eigenvalue weighted by atomic mass is 9.95. The predicted molar refractivity (Wildman–Crippen MR) is 227 cm³/mol. The van der Waals surface area contributed by atoms with Crippen LogP contribution < -0.4 is 26.4 Å². The summed E-state index contributed by atoms with van der Waals surface area (Å²) in [6.45, 7) is 14.7. The van der Waals surface area contributed by atoms with E-state index >= 15 is 0 Å². The SMILES string of the molecule is CCCCN(C)CC(=O)NCC(=O)N(CCC)[C@H](C[C@@H](OCCC)c1nc(C(=O)N[C@@H](Cc2ccc(OC(=O)NCCCCN)cc2)C[C@H](C)C(=O)O)cs1)C(C)C. The number of aromatic nitrogens is 1. The molecule has 1 aromatic heterocycles. The molecule has 0 saturated heterocycles. The highest BCUT2D eigenvalue weighted by molar-refractivity contribution is 7.09. The zero-order valence-electron chi connectivity index (χ0n) is 35.7. The third-order valence-electron chi connectivity index (χ3n) is 9.62. The molecule has 2 aromatic rings. The number of benzene rings is 1. The topological polar surface area (TPSA) is 206 Å². The van der Waals surface area contributed by atoms with Crippen molar-refractivity contribution in [3.8, 4) is 5.75 Å². The molecule has 0 spiro atoms. The Hall–Kier alpha value is -4.12. The molecule has 0 aliphatic carbocycles. The Morgan fingerprint density at radius 3 is 2.28 bits per heavy atom. The summed E-state index contributed by atoms with van der Waals surface area (Å²) in [5.74, 6) is -2.09. The summed E-state index contributed by atoms with van der Waals surface area (Å²) in [6, 6.07) is 6.09. The van der Waals surface area contributed by atoms with Crippen molar-refractivity contribution in [3.63, 3.8) is 0 Å². The number of ether oxygens (including phenoxy) is 2. The molecule has 15 nitrogen and oxygen atoms in total. The third kappa shape index (κ3) is 18.6. The van der Waals surface area contributed by atoms with Gasteiger partial charge in [-0.25, -0.2) is 9.78 Å². The first kappa shape index (κ1) is 50.0. The monoisotopic (exact) mass is 831 g/mol. The number of nitrogens with one attached hydrogen (secondary N) is 3. The van der Waals surface area contributed by atoms with E-state index in [4.69, 9.17) is 20.2 Å². The summed E-state index contributed by atoms with van der Waals surface area (Å²) in [5, 5.41) is 20.5. The molecule has 58 heavy (non-hydrogen) atoms. The van der Waals surface area contributed by atoms with E-state index in [1.165, 1.54) is 11.3 Å². The maximum absolute atomic E-state index is 13.7. The van der Waals surface area contributed by atoms with Crippen LogP contribution in [0.15, 0.2) is 29.6 Å². The molecule has 0 radical (unpaired) electrons. The quantitative estimate of drug-likeness (QED) is 0.0658. The number of carbonyl (C=O) groups excluding carboxylic acids is 4. The first-order valence-electron chi connectivity index (χ1n) is 20.8. The normalized spacial score (nSPS) is 13.4. The number of carboxylic acid groups (broad SMARTS) is 1. The Labute approximate surface area is 349 Å². The van der Waals surface area contributed by atoms with Crippen molar-refractivity contribution in [1.29, 1.82) is 0 Å². The number of hydrogen-bond donors (Lipinski definition) is 5. The minimum atomic E-state index is -0.972. The minimum Gasteiger partial charge on any atom is -0.481 e. The average molecular weight is 832 g/mol. The van der Waals surface area contributed by atoms with Crippen molar-refractivity contribution in [3.05, 3.63) is 45.9 Å². The van der Waals surface area contributed by atoms with Crippen molar-refractivity contribution < 1.29 is 38.6 Å². The highest BCUT2D eigenvalue weighted by atomic mass is 32.1. The number of unbranched alkanes of at least 4 members (excludes halogenated alkanes) is 2. The fourth-order valence-electron chi connectivity index (χ4n) is 6.38. The van der Waals surface area contributed by atoms with Gasteiger partial charge in [-0.2, -0.15) is 0 Å². The summed E-state index contributed by atoms with van der Waals surface area (Å²) in [5.41, 5.74) is 6.50. The molecule has 326 valence electrons. The average Bonchev–Trinajstić information content (AvgIpc) is 3.68. The van der Waals surface area contributed by atoms with Crippen LogP contribution in [0, 0.1) is 11.8 Å². The lowest BCUT2D eigenvalue weighted by Crippen LogP contribution is -2.49. The second-order valence-electron chi connectivity index (χ2n) is 15.2. The van der Waals surface area contributed by atoms with E-state index in [1.54, 1.807) is 36.6 Å². The maximum Gasteiger partial charge on any atom is 0.412 e. The van der Waals surface area contributed by atoms with Gasteiger partial charge in [-0.05, 0) is 88.7 Å². The van der Waals surface area contributed by atoms with Crippen LogP contribution in [0.4, 0.5) is 4.79 Å². The van der Waals surface area contributed by atoms with Gasteiger partial charge in [0.05, 0.1) is 19.0 Å². The van der Waals surface area contributed by atoms with Crippen LogP contribution in [0.25, 0.3) is 0 Å². The predicted octanol–water partition coefficient (Wildman–Crippen LogP) is 5.39. The van der Waals surface area contributed by atoms with E-state index in [0.29, 0.717) is 49.8 Å². The zero-order chi connectivity index (χ0) is 43.0. The molecule has 0 saturated carbocycles. The molecular weight excluding hydrogens is 763 g/mol. The van der Waals surface area contributed by atoms with Gasteiger partial charge in [0.15, 0.2) is 0 Å². The number of nitrogens with two attached hydrogens (primary N) is 1.